The monoisotopic (exact) mass is 482 g/mol. The number of piperidine rings is 1. The van der Waals surface area contributed by atoms with E-state index in [1.54, 1.807) is 65.4 Å². The van der Waals surface area contributed by atoms with Crippen molar-refractivity contribution in [2.45, 2.75) is 18.4 Å². The van der Waals surface area contributed by atoms with Crippen molar-refractivity contribution in [2.24, 2.45) is 7.05 Å². The Bertz CT molecular complexity index is 1200. The summed E-state index contributed by atoms with van der Waals surface area (Å²) in [4.78, 5) is 28.1. The molecule has 34 heavy (non-hydrogen) atoms. The fourth-order valence-electron chi connectivity index (χ4n) is 4.32. The first-order chi connectivity index (χ1) is 16.4. The number of likely N-dealkylation sites (tertiary alicyclic amines) is 1. The minimum absolute atomic E-state index is 0.106. The van der Waals surface area contributed by atoms with Crippen LogP contribution in [0, 0.1) is 0 Å². The minimum Gasteiger partial charge on any atom is -0.493 e. The second-order valence-electron chi connectivity index (χ2n) is 8.22. The van der Waals surface area contributed by atoms with E-state index in [0.29, 0.717) is 47.2 Å². The molecule has 1 saturated heterocycles. The molecule has 8 nitrogen and oxygen atoms in total. The van der Waals surface area contributed by atoms with Crippen LogP contribution in [0.2, 0.25) is 5.02 Å². The van der Waals surface area contributed by atoms with Gasteiger partial charge < -0.3 is 19.7 Å². The van der Waals surface area contributed by atoms with Crippen molar-refractivity contribution in [3.63, 3.8) is 0 Å². The number of benzene rings is 2. The van der Waals surface area contributed by atoms with Gasteiger partial charge in [0.2, 0.25) is 0 Å². The standard InChI is InChI=1S/C25H27ClN4O4/c1-29-14-17(13-27-29)19-15-30(25(32)16-8-9-22(33-2)23(12-16)34-3)11-10-21(19)28-24(31)18-6-4-5-7-20(18)26/h4-9,12-14,19,21H,10-11,15H2,1-3H3,(H,28,31)/t19-,21+/m0/s1. The average Bonchev–Trinajstić information content (AvgIpc) is 3.29. The van der Waals surface area contributed by atoms with Crippen LogP contribution in [-0.4, -0.2) is 59.8 Å². The summed E-state index contributed by atoms with van der Waals surface area (Å²) < 4.78 is 12.4. The number of aromatic nitrogens is 2. The number of amides is 2. The Morgan fingerprint density at radius 1 is 1.12 bits per heavy atom. The van der Waals surface area contributed by atoms with E-state index < -0.39 is 0 Å². The van der Waals surface area contributed by atoms with Crippen LogP contribution < -0.4 is 14.8 Å². The molecule has 2 aromatic carbocycles. The van der Waals surface area contributed by atoms with Gasteiger partial charge in [-0.15, -0.1) is 0 Å². The van der Waals surface area contributed by atoms with Gasteiger partial charge in [-0.1, -0.05) is 23.7 Å². The number of hydrogen-bond donors (Lipinski definition) is 1. The van der Waals surface area contributed by atoms with Crippen molar-refractivity contribution in [1.82, 2.24) is 20.0 Å². The highest BCUT2D eigenvalue weighted by Gasteiger charge is 2.35. The van der Waals surface area contributed by atoms with Crippen molar-refractivity contribution in [3.8, 4) is 11.5 Å². The molecule has 1 aliphatic heterocycles. The zero-order valence-electron chi connectivity index (χ0n) is 19.3. The summed E-state index contributed by atoms with van der Waals surface area (Å²) in [6, 6.07) is 11.9. The summed E-state index contributed by atoms with van der Waals surface area (Å²) in [6.45, 7) is 0.934. The van der Waals surface area contributed by atoms with Crippen molar-refractivity contribution in [1.29, 1.82) is 0 Å². The van der Waals surface area contributed by atoms with Gasteiger partial charge in [-0.05, 0) is 42.3 Å². The molecule has 2 amide bonds. The zero-order valence-corrected chi connectivity index (χ0v) is 20.1. The predicted octanol–water partition coefficient (Wildman–Crippen LogP) is 3.52. The van der Waals surface area contributed by atoms with Crippen LogP contribution in [0.3, 0.4) is 0 Å². The highest BCUT2D eigenvalue weighted by atomic mass is 35.5. The maximum absolute atomic E-state index is 13.3. The Morgan fingerprint density at radius 3 is 2.56 bits per heavy atom. The van der Waals surface area contributed by atoms with Gasteiger partial charge in [-0.3, -0.25) is 14.3 Å². The number of halogens is 1. The normalized spacial score (nSPS) is 17.8. The summed E-state index contributed by atoms with van der Waals surface area (Å²) >= 11 is 6.23. The molecular formula is C25H27ClN4O4. The average molecular weight is 483 g/mol. The van der Waals surface area contributed by atoms with Gasteiger partial charge in [0.15, 0.2) is 11.5 Å². The number of carbonyl (C=O) groups excluding carboxylic acids is 2. The summed E-state index contributed by atoms with van der Waals surface area (Å²) in [6.07, 6.45) is 4.29. The van der Waals surface area contributed by atoms with Crippen LogP contribution >= 0.6 is 11.6 Å². The van der Waals surface area contributed by atoms with Crippen molar-refractivity contribution in [3.05, 3.63) is 76.6 Å². The Balaban J connectivity index is 1.56. The van der Waals surface area contributed by atoms with E-state index in [4.69, 9.17) is 21.1 Å². The van der Waals surface area contributed by atoms with Crippen molar-refractivity contribution < 1.29 is 19.1 Å². The van der Waals surface area contributed by atoms with Crippen LogP contribution in [-0.2, 0) is 7.05 Å². The third-order valence-corrected chi connectivity index (χ3v) is 6.45. The lowest BCUT2D eigenvalue weighted by molar-refractivity contribution is 0.0671. The molecule has 1 N–H and O–H groups in total. The van der Waals surface area contributed by atoms with E-state index in [0.717, 1.165) is 5.56 Å². The van der Waals surface area contributed by atoms with Crippen LogP contribution in [0.1, 0.15) is 38.6 Å². The maximum Gasteiger partial charge on any atom is 0.254 e. The number of aryl methyl sites for hydroxylation is 1. The molecular weight excluding hydrogens is 456 g/mol. The number of rotatable bonds is 6. The number of methoxy groups -OCH3 is 2. The molecule has 1 fully saturated rings. The van der Waals surface area contributed by atoms with Gasteiger partial charge in [0.1, 0.15) is 0 Å². The molecule has 0 radical (unpaired) electrons. The van der Waals surface area contributed by atoms with Crippen LogP contribution in [0.4, 0.5) is 0 Å². The lowest BCUT2D eigenvalue weighted by atomic mass is 9.87. The summed E-state index contributed by atoms with van der Waals surface area (Å²) in [5.74, 6) is 0.597. The van der Waals surface area contributed by atoms with Crippen LogP contribution in [0.5, 0.6) is 11.5 Å². The number of hydrogen-bond acceptors (Lipinski definition) is 5. The molecule has 2 atom stereocenters. The Hall–Kier alpha value is -3.52. The third kappa shape index (κ3) is 4.87. The Morgan fingerprint density at radius 2 is 1.88 bits per heavy atom. The fraction of sp³-hybridized carbons (Fsp3) is 0.320. The van der Waals surface area contributed by atoms with E-state index in [-0.39, 0.29) is 23.8 Å². The van der Waals surface area contributed by atoms with Crippen LogP contribution in [0.15, 0.2) is 54.9 Å². The summed E-state index contributed by atoms with van der Waals surface area (Å²) in [5, 5.41) is 7.83. The number of nitrogens with zero attached hydrogens (tertiary/aromatic N) is 3. The first-order valence-corrected chi connectivity index (χ1v) is 11.3. The summed E-state index contributed by atoms with van der Waals surface area (Å²) in [7, 11) is 4.94. The van der Waals surface area contributed by atoms with E-state index in [9.17, 15) is 9.59 Å². The van der Waals surface area contributed by atoms with Crippen LogP contribution in [0.25, 0.3) is 0 Å². The molecule has 0 unspecified atom stereocenters. The fourth-order valence-corrected chi connectivity index (χ4v) is 4.54. The number of carbonyl (C=O) groups is 2. The molecule has 9 heteroatoms. The third-order valence-electron chi connectivity index (χ3n) is 6.12. The maximum atomic E-state index is 13.3. The predicted molar refractivity (Wildman–Crippen MR) is 129 cm³/mol. The van der Waals surface area contributed by atoms with Crippen molar-refractivity contribution in [2.75, 3.05) is 27.3 Å². The van der Waals surface area contributed by atoms with Gasteiger partial charge in [0.05, 0.1) is 31.0 Å². The van der Waals surface area contributed by atoms with Gasteiger partial charge in [-0.25, -0.2) is 0 Å². The SMILES string of the molecule is COc1ccc(C(=O)N2CC[C@@H](NC(=O)c3ccccc3Cl)[C@H](c3cnn(C)c3)C2)cc1OC. The lowest BCUT2D eigenvalue weighted by Gasteiger charge is -2.38. The first kappa shape index (κ1) is 23.6. The molecule has 1 aliphatic rings. The second kappa shape index (κ2) is 10.2. The van der Waals surface area contributed by atoms with E-state index in [1.165, 1.54) is 7.11 Å². The molecule has 0 saturated carbocycles. The van der Waals surface area contributed by atoms with Gasteiger partial charge in [0, 0.05) is 43.9 Å². The van der Waals surface area contributed by atoms with E-state index in [1.807, 2.05) is 13.2 Å². The smallest absolute Gasteiger partial charge is 0.254 e. The highest BCUT2D eigenvalue weighted by molar-refractivity contribution is 6.33. The summed E-state index contributed by atoms with van der Waals surface area (Å²) in [5.41, 5.74) is 1.90. The van der Waals surface area contributed by atoms with Gasteiger partial charge in [0.25, 0.3) is 11.8 Å². The minimum atomic E-state index is -0.232. The molecule has 0 bridgehead atoms. The quantitative estimate of drug-likeness (QED) is 0.581. The number of ether oxygens (including phenoxy) is 2. The molecule has 1 aromatic heterocycles. The molecule has 0 spiro atoms. The van der Waals surface area contributed by atoms with Gasteiger partial charge >= 0.3 is 0 Å². The Kier molecular flexibility index (Phi) is 7.07. The molecule has 3 aromatic rings. The molecule has 2 heterocycles. The largest absolute Gasteiger partial charge is 0.493 e. The topological polar surface area (TPSA) is 85.7 Å². The van der Waals surface area contributed by atoms with E-state index in [2.05, 4.69) is 10.4 Å². The second-order valence-corrected chi connectivity index (χ2v) is 8.63. The molecule has 0 aliphatic carbocycles. The number of nitrogens with one attached hydrogen (secondary N) is 1. The van der Waals surface area contributed by atoms with E-state index >= 15 is 0 Å². The van der Waals surface area contributed by atoms with Gasteiger partial charge in [-0.2, -0.15) is 5.10 Å². The molecule has 178 valence electrons. The van der Waals surface area contributed by atoms with Crippen molar-refractivity contribution >= 4 is 23.4 Å². The Labute approximate surface area is 203 Å². The first-order valence-electron chi connectivity index (χ1n) is 11.0. The zero-order chi connectivity index (χ0) is 24.2. The lowest BCUT2D eigenvalue weighted by Crippen LogP contribution is -2.51. The molecule has 4 rings (SSSR count). The highest BCUT2D eigenvalue weighted by Crippen LogP contribution is 2.31.